The molecular formula is C9H18N6O3. The van der Waals surface area contributed by atoms with E-state index >= 15 is 0 Å². The van der Waals surface area contributed by atoms with Crippen LogP contribution >= 0.6 is 0 Å². The number of hydrogen-bond donors (Lipinski definition) is 6. The molecule has 1 aromatic rings. The van der Waals surface area contributed by atoms with Crippen LogP contribution in [0.15, 0.2) is 12.5 Å². The standard InChI is InChI=1S/C9H14N4O3.H4N2/c10-2-1-8(14)13-7(9(15)16)3-6-4-11-5-12-6;1-2/h4-5,7H,1-3,10H2,(H,11,12)(H,13,14)(H,15,16);1-2H2. The minimum Gasteiger partial charge on any atom is -0.480 e. The van der Waals surface area contributed by atoms with Crippen LogP contribution in [0.4, 0.5) is 0 Å². The SMILES string of the molecule is NCCC(=O)NC(Cc1c[nH]cn1)C(=O)O.NN. The summed E-state index contributed by atoms with van der Waals surface area (Å²) in [5, 5.41) is 11.3. The maximum Gasteiger partial charge on any atom is 0.326 e. The zero-order chi connectivity index (χ0) is 14.0. The molecule has 9 nitrogen and oxygen atoms in total. The Bertz CT molecular complexity index is 353. The molecule has 1 rings (SSSR count). The number of rotatable bonds is 6. The Kier molecular flexibility index (Phi) is 8.10. The summed E-state index contributed by atoms with van der Waals surface area (Å²) >= 11 is 0. The number of imidazole rings is 1. The summed E-state index contributed by atoms with van der Waals surface area (Å²) in [7, 11) is 0. The summed E-state index contributed by atoms with van der Waals surface area (Å²) in [6, 6.07) is -0.970. The van der Waals surface area contributed by atoms with E-state index in [0.29, 0.717) is 5.69 Å². The van der Waals surface area contributed by atoms with E-state index in [0.717, 1.165) is 0 Å². The molecule has 0 aromatic carbocycles. The summed E-state index contributed by atoms with van der Waals surface area (Å²) in [4.78, 5) is 28.7. The third-order valence-corrected chi connectivity index (χ3v) is 1.97. The van der Waals surface area contributed by atoms with Crippen molar-refractivity contribution < 1.29 is 14.7 Å². The average molecular weight is 258 g/mol. The fraction of sp³-hybridized carbons (Fsp3) is 0.444. The topological polar surface area (TPSA) is 173 Å². The number of hydrazine groups is 1. The van der Waals surface area contributed by atoms with Gasteiger partial charge in [0.1, 0.15) is 6.04 Å². The van der Waals surface area contributed by atoms with Crippen molar-refractivity contribution in [3.63, 3.8) is 0 Å². The van der Waals surface area contributed by atoms with E-state index in [1.807, 2.05) is 0 Å². The molecule has 0 aliphatic heterocycles. The van der Waals surface area contributed by atoms with Crippen LogP contribution in [0, 0.1) is 0 Å². The molecule has 18 heavy (non-hydrogen) atoms. The zero-order valence-electron chi connectivity index (χ0n) is 9.80. The molecule has 0 spiro atoms. The highest BCUT2D eigenvalue weighted by Crippen LogP contribution is 1.99. The molecular weight excluding hydrogens is 240 g/mol. The number of nitrogens with two attached hydrogens (primary N) is 3. The lowest BCUT2D eigenvalue weighted by Gasteiger charge is -2.12. The molecule has 0 saturated carbocycles. The molecule has 0 saturated heterocycles. The van der Waals surface area contributed by atoms with E-state index in [4.69, 9.17) is 10.8 Å². The fourth-order valence-corrected chi connectivity index (χ4v) is 1.21. The van der Waals surface area contributed by atoms with Crippen molar-refractivity contribution in [1.82, 2.24) is 15.3 Å². The third kappa shape index (κ3) is 5.94. The van der Waals surface area contributed by atoms with Crippen molar-refractivity contribution in [3.8, 4) is 0 Å². The van der Waals surface area contributed by atoms with Gasteiger partial charge in [-0.2, -0.15) is 0 Å². The van der Waals surface area contributed by atoms with Gasteiger partial charge in [0.2, 0.25) is 5.91 Å². The first-order valence-electron chi connectivity index (χ1n) is 5.16. The lowest BCUT2D eigenvalue weighted by Crippen LogP contribution is -2.42. The molecule has 9 N–H and O–H groups in total. The van der Waals surface area contributed by atoms with E-state index in [9.17, 15) is 9.59 Å². The van der Waals surface area contributed by atoms with Crippen LogP contribution in [0.5, 0.6) is 0 Å². The monoisotopic (exact) mass is 258 g/mol. The number of aromatic amines is 1. The zero-order valence-corrected chi connectivity index (χ0v) is 9.80. The number of hydrogen-bond acceptors (Lipinski definition) is 6. The molecule has 0 aliphatic rings. The summed E-state index contributed by atoms with van der Waals surface area (Å²) in [6.45, 7) is 0.195. The Morgan fingerprint density at radius 1 is 1.50 bits per heavy atom. The van der Waals surface area contributed by atoms with Crippen LogP contribution in [-0.2, 0) is 16.0 Å². The second-order valence-electron chi connectivity index (χ2n) is 3.26. The number of nitrogens with zero attached hydrogens (tertiary/aromatic N) is 1. The largest absolute Gasteiger partial charge is 0.480 e. The van der Waals surface area contributed by atoms with Gasteiger partial charge in [-0.1, -0.05) is 0 Å². The molecule has 1 unspecified atom stereocenters. The summed E-state index contributed by atoms with van der Waals surface area (Å²) in [5.41, 5.74) is 5.78. The molecule has 1 aromatic heterocycles. The van der Waals surface area contributed by atoms with Gasteiger partial charge in [-0.15, -0.1) is 0 Å². The number of amides is 1. The Labute approximate surface area is 104 Å². The second kappa shape index (κ2) is 9.10. The Balaban J connectivity index is 0.00000137. The van der Waals surface area contributed by atoms with E-state index in [-0.39, 0.29) is 25.3 Å². The van der Waals surface area contributed by atoms with Gasteiger partial charge in [-0.05, 0) is 0 Å². The van der Waals surface area contributed by atoms with Crippen LogP contribution in [0.25, 0.3) is 0 Å². The van der Waals surface area contributed by atoms with Crippen molar-refractivity contribution in [2.75, 3.05) is 6.54 Å². The van der Waals surface area contributed by atoms with Crippen molar-refractivity contribution in [2.24, 2.45) is 17.4 Å². The number of nitrogens with one attached hydrogen (secondary N) is 2. The molecule has 0 aliphatic carbocycles. The maximum absolute atomic E-state index is 11.2. The fourth-order valence-electron chi connectivity index (χ4n) is 1.21. The summed E-state index contributed by atoms with van der Waals surface area (Å²) < 4.78 is 0. The lowest BCUT2D eigenvalue weighted by molar-refractivity contribution is -0.141. The highest BCUT2D eigenvalue weighted by Gasteiger charge is 2.20. The van der Waals surface area contributed by atoms with Gasteiger partial charge in [-0.3, -0.25) is 16.5 Å². The summed E-state index contributed by atoms with van der Waals surface area (Å²) in [5.74, 6) is 6.54. The first-order valence-corrected chi connectivity index (χ1v) is 5.16. The van der Waals surface area contributed by atoms with E-state index < -0.39 is 12.0 Å². The second-order valence-corrected chi connectivity index (χ2v) is 3.26. The first-order chi connectivity index (χ1) is 8.63. The van der Waals surface area contributed by atoms with E-state index in [1.54, 1.807) is 6.20 Å². The van der Waals surface area contributed by atoms with Gasteiger partial charge in [-0.25, -0.2) is 9.78 Å². The first kappa shape index (κ1) is 16.0. The highest BCUT2D eigenvalue weighted by molar-refractivity contribution is 5.83. The predicted octanol–water partition coefficient (Wildman–Crippen LogP) is -2.31. The van der Waals surface area contributed by atoms with Crippen molar-refractivity contribution in [1.29, 1.82) is 0 Å². The maximum atomic E-state index is 11.2. The molecule has 0 bridgehead atoms. The average Bonchev–Trinajstić information content (AvgIpc) is 2.84. The Morgan fingerprint density at radius 3 is 2.61 bits per heavy atom. The smallest absolute Gasteiger partial charge is 0.326 e. The number of carbonyl (C=O) groups is 2. The number of carboxylic acid groups (broad SMARTS) is 1. The lowest BCUT2D eigenvalue weighted by atomic mass is 10.1. The van der Waals surface area contributed by atoms with Gasteiger partial charge in [0.15, 0.2) is 0 Å². The van der Waals surface area contributed by atoms with Crippen LogP contribution in [0.1, 0.15) is 12.1 Å². The summed E-state index contributed by atoms with van der Waals surface area (Å²) in [6.07, 6.45) is 3.31. The van der Waals surface area contributed by atoms with Crippen molar-refractivity contribution in [3.05, 3.63) is 18.2 Å². The number of aromatic nitrogens is 2. The molecule has 1 amide bonds. The predicted molar refractivity (Wildman–Crippen MR) is 63.9 cm³/mol. The highest BCUT2D eigenvalue weighted by atomic mass is 16.4. The molecule has 9 heteroatoms. The van der Waals surface area contributed by atoms with Crippen LogP contribution in [-0.4, -0.2) is 39.5 Å². The van der Waals surface area contributed by atoms with Gasteiger partial charge in [0, 0.05) is 25.6 Å². The number of aliphatic carboxylic acids is 1. The molecule has 0 fully saturated rings. The molecule has 1 heterocycles. The van der Waals surface area contributed by atoms with E-state index in [2.05, 4.69) is 27.0 Å². The van der Waals surface area contributed by atoms with Crippen molar-refractivity contribution in [2.45, 2.75) is 18.9 Å². The normalized spacial score (nSPS) is 11.1. The van der Waals surface area contributed by atoms with Gasteiger partial charge in [0.25, 0.3) is 0 Å². The van der Waals surface area contributed by atoms with E-state index in [1.165, 1.54) is 6.33 Å². The molecule has 0 radical (unpaired) electrons. The van der Waals surface area contributed by atoms with Crippen LogP contribution < -0.4 is 22.7 Å². The van der Waals surface area contributed by atoms with Gasteiger partial charge >= 0.3 is 5.97 Å². The minimum atomic E-state index is -1.09. The van der Waals surface area contributed by atoms with Gasteiger partial charge < -0.3 is 21.1 Å². The molecule has 102 valence electrons. The van der Waals surface area contributed by atoms with Crippen molar-refractivity contribution >= 4 is 11.9 Å². The Hall–Kier alpha value is -1.97. The minimum absolute atomic E-state index is 0.115. The van der Waals surface area contributed by atoms with Gasteiger partial charge in [0.05, 0.1) is 12.0 Å². The van der Waals surface area contributed by atoms with Crippen LogP contribution in [0.3, 0.4) is 0 Å². The third-order valence-electron chi connectivity index (χ3n) is 1.97. The number of carbonyl (C=O) groups excluding carboxylic acids is 1. The quantitative estimate of drug-likeness (QED) is 0.245. The number of H-pyrrole nitrogens is 1. The van der Waals surface area contributed by atoms with Crippen LogP contribution in [0.2, 0.25) is 0 Å². The number of carboxylic acids is 1. The molecule has 1 atom stereocenters. The Morgan fingerprint density at radius 2 is 2.17 bits per heavy atom.